The van der Waals surface area contributed by atoms with Crippen molar-refractivity contribution in [3.63, 3.8) is 0 Å². The lowest BCUT2D eigenvalue weighted by molar-refractivity contribution is -0.130. The predicted octanol–water partition coefficient (Wildman–Crippen LogP) is 3.75. The monoisotopic (exact) mass is 347 g/mol. The Labute approximate surface area is 152 Å². The molecule has 2 aromatic carbocycles. The zero-order valence-electron chi connectivity index (χ0n) is 15.2. The fraction of sp³-hybridized carbons (Fsp3) is 0.364. The first kappa shape index (κ1) is 15.6. The minimum absolute atomic E-state index is 0.171. The molecule has 132 valence electrons. The second-order valence-corrected chi connectivity index (χ2v) is 7.86. The van der Waals surface area contributed by atoms with Gasteiger partial charge in [0, 0.05) is 11.8 Å². The number of carbonyl (C=O) groups excluding carboxylic acids is 2. The summed E-state index contributed by atoms with van der Waals surface area (Å²) in [6, 6.07) is 16.4. The van der Waals surface area contributed by atoms with Crippen LogP contribution < -0.4 is 0 Å². The maximum absolute atomic E-state index is 12.7. The van der Waals surface area contributed by atoms with Gasteiger partial charge in [-0.3, -0.25) is 4.79 Å². The molecule has 0 N–H and O–H groups in total. The molecular weight excluding hydrogens is 326 g/mol. The molecule has 1 aliphatic heterocycles. The van der Waals surface area contributed by atoms with Crippen LogP contribution in [-0.4, -0.2) is 29.0 Å². The third-order valence-electron chi connectivity index (χ3n) is 6.81. The number of hydrogen-bond acceptors (Lipinski definition) is 3. The summed E-state index contributed by atoms with van der Waals surface area (Å²) in [6.07, 6.45) is -0.598. The van der Waals surface area contributed by atoms with Crippen LogP contribution in [0.5, 0.6) is 0 Å². The quantitative estimate of drug-likeness (QED) is 0.789. The minimum Gasteiger partial charge on any atom is -0.442 e. The van der Waals surface area contributed by atoms with Crippen LogP contribution in [0.15, 0.2) is 48.5 Å². The summed E-state index contributed by atoms with van der Waals surface area (Å²) in [5.41, 5.74) is 3.83. The van der Waals surface area contributed by atoms with Gasteiger partial charge in [-0.2, -0.15) is 0 Å². The number of carbonyl (C=O) groups is 2. The number of hydrogen-bond donors (Lipinski definition) is 0. The Bertz CT molecular complexity index is 916. The fourth-order valence-electron chi connectivity index (χ4n) is 5.59. The van der Waals surface area contributed by atoms with Crippen molar-refractivity contribution < 1.29 is 14.3 Å². The molecule has 0 unspecified atom stereocenters. The van der Waals surface area contributed by atoms with E-state index in [1.807, 2.05) is 24.3 Å². The molecule has 0 saturated carbocycles. The average molecular weight is 347 g/mol. The Morgan fingerprint density at radius 1 is 0.962 bits per heavy atom. The Morgan fingerprint density at radius 3 is 1.88 bits per heavy atom. The van der Waals surface area contributed by atoms with Gasteiger partial charge in [-0.15, -0.1) is 0 Å². The van der Waals surface area contributed by atoms with Crippen LogP contribution in [0.3, 0.4) is 0 Å². The Morgan fingerprint density at radius 2 is 1.42 bits per heavy atom. The summed E-state index contributed by atoms with van der Waals surface area (Å²) in [6.45, 7) is 6.09. The van der Waals surface area contributed by atoms with Crippen LogP contribution in [0.1, 0.15) is 49.4 Å². The van der Waals surface area contributed by atoms with E-state index in [9.17, 15) is 9.59 Å². The van der Waals surface area contributed by atoms with Gasteiger partial charge >= 0.3 is 6.09 Å². The summed E-state index contributed by atoms with van der Waals surface area (Å²) < 4.78 is 5.88. The van der Waals surface area contributed by atoms with Crippen molar-refractivity contribution in [3.8, 4) is 0 Å². The van der Waals surface area contributed by atoms with E-state index in [1.165, 1.54) is 27.2 Å². The highest BCUT2D eigenvalue weighted by Crippen LogP contribution is 2.62. The first-order valence-electron chi connectivity index (χ1n) is 9.18. The zero-order valence-corrected chi connectivity index (χ0v) is 15.2. The number of nitrogens with zero attached hydrogens (tertiary/aromatic N) is 1. The molecule has 1 saturated heterocycles. The van der Waals surface area contributed by atoms with Crippen LogP contribution in [0, 0.1) is 0 Å². The van der Waals surface area contributed by atoms with E-state index >= 15 is 0 Å². The van der Waals surface area contributed by atoms with Gasteiger partial charge < -0.3 is 4.74 Å². The van der Waals surface area contributed by atoms with E-state index in [1.54, 1.807) is 6.92 Å². The summed E-state index contributed by atoms with van der Waals surface area (Å²) in [7, 11) is 0. The molecule has 2 aromatic rings. The van der Waals surface area contributed by atoms with Gasteiger partial charge in [0.05, 0.1) is 11.5 Å². The van der Waals surface area contributed by atoms with Gasteiger partial charge in [-0.25, -0.2) is 9.69 Å². The van der Waals surface area contributed by atoms with Crippen molar-refractivity contribution in [2.75, 3.05) is 0 Å². The van der Waals surface area contributed by atoms with Crippen molar-refractivity contribution >= 4 is 12.0 Å². The molecule has 3 aliphatic carbocycles. The topological polar surface area (TPSA) is 46.6 Å². The molecule has 6 rings (SSSR count). The predicted molar refractivity (Wildman–Crippen MR) is 97.0 cm³/mol. The van der Waals surface area contributed by atoms with Gasteiger partial charge in [0.1, 0.15) is 6.10 Å². The molecule has 0 radical (unpaired) electrons. The molecule has 2 bridgehead atoms. The number of rotatable bonds is 1. The normalized spacial score (nSPS) is 33.3. The zero-order chi connectivity index (χ0) is 18.3. The Hall–Kier alpha value is -2.62. The lowest BCUT2D eigenvalue weighted by atomic mass is 9.47. The third kappa shape index (κ3) is 1.48. The number of ether oxygens (including phenoxy) is 1. The smallest absolute Gasteiger partial charge is 0.417 e. The summed E-state index contributed by atoms with van der Waals surface area (Å²) in [4.78, 5) is 26.8. The Balaban J connectivity index is 1.89. The molecular formula is C22H21NO3. The molecule has 0 aromatic heterocycles. The van der Waals surface area contributed by atoms with Crippen LogP contribution >= 0.6 is 0 Å². The number of benzene rings is 2. The van der Waals surface area contributed by atoms with Crippen molar-refractivity contribution in [2.45, 2.75) is 50.2 Å². The highest BCUT2D eigenvalue weighted by molar-refractivity contribution is 5.95. The van der Waals surface area contributed by atoms with Crippen molar-refractivity contribution in [1.82, 2.24) is 4.90 Å². The van der Waals surface area contributed by atoms with E-state index in [-0.39, 0.29) is 24.5 Å². The lowest BCUT2D eigenvalue weighted by Gasteiger charge is -2.58. The highest BCUT2D eigenvalue weighted by Gasteiger charge is 2.69. The first-order valence-corrected chi connectivity index (χ1v) is 9.18. The van der Waals surface area contributed by atoms with E-state index in [0.29, 0.717) is 0 Å². The SMILES string of the molecule is CCC(=O)N1C(=O)O[C@H]2[C@@H]1C1(C)c3ccccc3C2(C)c2ccccc21. The van der Waals surface area contributed by atoms with Gasteiger partial charge in [-0.05, 0) is 36.1 Å². The second-order valence-electron chi connectivity index (χ2n) is 7.86. The van der Waals surface area contributed by atoms with Gasteiger partial charge in [0.2, 0.25) is 5.91 Å². The number of amides is 2. The molecule has 26 heavy (non-hydrogen) atoms. The van der Waals surface area contributed by atoms with E-state index in [0.717, 1.165) is 0 Å². The fourth-order valence-corrected chi connectivity index (χ4v) is 5.59. The van der Waals surface area contributed by atoms with E-state index in [2.05, 4.69) is 38.1 Å². The molecule has 4 nitrogen and oxygen atoms in total. The van der Waals surface area contributed by atoms with Crippen molar-refractivity contribution in [1.29, 1.82) is 0 Å². The van der Waals surface area contributed by atoms with Crippen LogP contribution in [0.4, 0.5) is 4.79 Å². The van der Waals surface area contributed by atoms with Gasteiger partial charge in [-0.1, -0.05) is 55.5 Å². The van der Waals surface area contributed by atoms with Gasteiger partial charge in [0.15, 0.2) is 0 Å². The largest absolute Gasteiger partial charge is 0.442 e. The van der Waals surface area contributed by atoms with Gasteiger partial charge in [0.25, 0.3) is 0 Å². The maximum Gasteiger partial charge on any atom is 0.417 e. The Kier molecular flexibility index (Phi) is 2.86. The third-order valence-corrected chi connectivity index (χ3v) is 6.81. The molecule has 0 spiro atoms. The highest BCUT2D eigenvalue weighted by atomic mass is 16.6. The molecule has 2 amide bonds. The molecule has 1 heterocycles. The first-order chi connectivity index (χ1) is 12.5. The van der Waals surface area contributed by atoms with Crippen molar-refractivity contribution in [2.24, 2.45) is 0 Å². The molecule has 4 aliphatic rings. The summed E-state index contributed by atoms with van der Waals surface area (Å²) in [5, 5.41) is 0. The van der Waals surface area contributed by atoms with Crippen LogP contribution in [0.2, 0.25) is 0 Å². The molecule has 2 atom stereocenters. The van der Waals surface area contributed by atoms with Crippen molar-refractivity contribution in [3.05, 3.63) is 70.8 Å². The van der Waals surface area contributed by atoms with E-state index < -0.39 is 16.9 Å². The van der Waals surface area contributed by atoms with Crippen LogP contribution in [-0.2, 0) is 20.4 Å². The maximum atomic E-state index is 12.7. The lowest BCUT2D eigenvalue weighted by Crippen LogP contribution is -2.66. The molecule has 4 heteroatoms. The number of imide groups is 1. The molecule has 1 fully saturated rings. The van der Waals surface area contributed by atoms with E-state index in [4.69, 9.17) is 4.74 Å². The second kappa shape index (κ2) is 4.76. The summed E-state index contributed by atoms with van der Waals surface area (Å²) >= 11 is 0. The minimum atomic E-state index is -0.509. The average Bonchev–Trinajstić information content (AvgIpc) is 3.04. The standard InChI is InChI=1S/C22H21NO3/c1-4-17(24)23-18-19(26-20(23)25)22(3)15-11-7-5-9-13(15)21(18,2)14-10-6-8-12-16(14)22/h5-12,18-19H,4H2,1-3H3/t18-,19+,21?,22?/m1/s1. The van der Waals surface area contributed by atoms with Crippen LogP contribution in [0.25, 0.3) is 0 Å². The summed E-state index contributed by atoms with van der Waals surface area (Å²) in [5.74, 6) is -0.171.